The average molecular weight is 242 g/mol. The zero-order valence-electron chi connectivity index (χ0n) is 8.94. The number of fused-ring (bicyclic) bond motifs is 1. The van der Waals surface area contributed by atoms with E-state index < -0.39 is 5.91 Å². The standard InChI is InChI=1S/C13H10N2OS/c14-13(16)9-2-1-3-11-10(9)6-12(15-11)8-4-5-17-7-8/h1-7,15H,(H2,14,16). The van der Waals surface area contributed by atoms with Gasteiger partial charge in [-0.15, -0.1) is 0 Å². The summed E-state index contributed by atoms with van der Waals surface area (Å²) < 4.78 is 0. The molecule has 0 atom stereocenters. The maximum atomic E-state index is 11.3. The average Bonchev–Trinajstić information content (AvgIpc) is 2.96. The number of amides is 1. The molecule has 0 bridgehead atoms. The Morgan fingerprint density at radius 3 is 2.88 bits per heavy atom. The molecule has 1 amide bonds. The summed E-state index contributed by atoms with van der Waals surface area (Å²) in [5.74, 6) is -0.397. The van der Waals surface area contributed by atoms with E-state index in [0.717, 1.165) is 22.2 Å². The number of rotatable bonds is 2. The fraction of sp³-hybridized carbons (Fsp3) is 0. The monoisotopic (exact) mass is 242 g/mol. The first-order valence-electron chi connectivity index (χ1n) is 5.20. The van der Waals surface area contributed by atoms with Crippen LogP contribution >= 0.6 is 11.3 Å². The van der Waals surface area contributed by atoms with Gasteiger partial charge in [-0.05, 0) is 29.6 Å². The Bertz CT molecular complexity index is 683. The van der Waals surface area contributed by atoms with Crippen LogP contribution in [0.15, 0.2) is 41.1 Å². The SMILES string of the molecule is NC(=O)c1cccc2[nH]c(-c3ccsc3)cc12. The van der Waals surface area contributed by atoms with Gasteiger partial charge in [-0.3, -0.25) is 4.79 Å². The molecule has 84 valence electrons. The molecule has 0 aliphatic carbocycles. The molecule has 17 heavy (non-hydrogen) atoms. The van der Waals surface area contributed by atoms with Crippen LogP contribution in [0.5, 0.6) is 0 Å². The van der Waals surface area contributed by atoms with E-state index in [1.165, 1.54) is 0 Å². The van der Waals surface area contributed by atoms with E-state index in [2.05, 4.69) is 10.4 Å². The van der Waals surface area contributed by atoms with Crippen molar-refractivity contribution < 1.29 is 4.79 Å². The lowest BCUT2D eigenvalue weighted by Gasteiger charge is -1.95. The first-order chi connectivity index (χ1) is 8.25. The van der Waals surface area contributed by atoms with Crippen molar-refractivity contribution in [1.82, 2.24) is 4.98 Å². The molecular weight excluding hydrogens is 232 g/mol. The molecule has 0 unspecified atom stereocenters. The Morgan fingerprint density at radius 2 is 2.18 bits per heavy atom. The normalized spacial score (nSPS) is 10.8. The maximum Gasteiger partial charge on any atom is 0.249 e. The minimum atomic E-state index is -0.397. The lowest BCUT2D eigenvalue weighted by molar-refractivity contribution is 0.100. The number of aromatic amines is 1. The maximum absolute atomic E-state index is 11.3. The molecule has 3 nitrogen and oxygen atoms in total. The van der Waals surface area contributed by atoms with Gasteiger partial charge >= 0.3 is 0 Å². The summed E-state index contributed by atoms with van der Waals surface area (Å²) in [5, 5.41) is 4.96. The topological polar surface area (TPSA) is 58.9 Å². The van der Waals surface area contributed by atoms with Crippen molar-refractivity contribution in [2.45, 2.75) is 0 Å². The molecule has 3 N–H and O–H groups in total. The number of aromatic nitrogens is 1. The van der Waals surface area contributed by atoms with Crippen LogP contribution < -0.4 is 5.73 Å². The molecule has 1 aromatic carbocycles. The van der Waals surface area contributed by atoms with Crippen molar-refractivity contribution >= 4 is 28.1 Å². The van der Waals surface area contributed by atoms with Gasteiger partial charge in [-0.25, -0.2) is 0 Å². The Kier molecular flexibility index (Phi) is 2.23. The molecule has 2 aromatic heterocycles. The first kappa shape index (κ1) is 10.1. The van der Waals surface area contributed by atoms with Crippen LogP contribution in [0, 0.1) is 0 Å². The fourth-order valence-corrected chi connectivity index (χ4v) is 2.60. The van der Waals surface area contributed by atoms with Gasteiger partial charge in [-0.1, -0.05) is 6.07 Å². The van der Waals surface area contributed by atoms with Gasteiger partial charge in [0.1, 0.15) is 0 Å². The third-order valence-electron chi connectivity index (χ3n) is 2.76. The number of benzene rings is 1. The summed E-state index contributed by atoms with van der Waals surface area (Å²) in [6, 6.07) is 9.53. The number of carbonyl (C=O) groups excluding carboxylic acids is 1. The highest BCUT2D eigenvalue weighted by Crippen LogP contribution is 2.27. The van der Waals surface area contributed by atoms with E-state index in [4.69, 9.17) is 5.73 Å². The fourth-order valence-electron chi connectivity index (χ4n) is 1.94. The molecule has 2 heterocycles. The molecular formula is C13H10N2OS. The second kappa shape index (κ2) is 3.75. The molecule has 0 saturated carbocycles. The Morgan fingerprint density at radius 1 is 1.29 bits per heavy atom. The number of primary amides is 1. The summed E-state index contributed by atoms with van der Waals surface area (Å²) in [4.78, 5) is 14.6. The van der Waals surface area contributed by atoms with E-state index in [1.807, 2.05) is 29.6 Å². The zero-order chi connectivity index (χ0) is 11.8. The summed E-state index contributed by atoms with van der Waals surface area (Å²) in [6.45, 7) is 0. The molecule has 4 heteroatoms. The van der Waals surface area contributed by atoms with Crippen LogP contribution in [0.2, 0.25) is 0 Å². The lowest BCUT2D eigenvalue weighted by atomic mass is 10.1. The van der Waals surface area contributed by atoms with Crippen LogP contribution in [0.25, 0.3) is 22.2 Å². The van der Waals surface area contributed by atoms with Crippen LogP contribution in [-0.2, 0) is 0 Å². The van der Waals surface area contributed by atoms with Gasteiger partial charge in [0.25, 0.3) is 0 Å². The number of H-pyrrole nitrogens is 1. The number of nitrogens with two attached hydrogens (primary N) is 1. The van der Waals surface area contributed by atoms with E-state index >= 15 is 0 Å². The predicted molar refractivity (Wildman–Crippen MR) is 70.1 cm³/mol. The van der Waals surface area contributed by atoms with Crippen molar-refractivity contribution in [3.05, 3.63) is 46.7 Å². The van der Waals surface area contributed by atoms with E-state index in [-0.39, 0.29) is 0 Å². The Labute approximate surface area is 102 Å². The van der Waals surface area contributed by atoms with Crippen molar-refractivity contribution in [1.29, 1.82) is 0 Å². The highest BCUT2D eigenvalue weighted by molar-refractivity contribution is 7.08. The Balaban J connectivity index is 2.26. The number of hydrogen-bond acceptors (Lipinski definition) is 2. The molecule has 0 spiro atoms. The van der Waals surface area contributed by atoms with Crippen molar-refractivity contribution in [2.75, 3.05) is 0 Å². The van der Waals surface area contributed by atoms with Crippen LogP contribution in [0.3, 0.4) is 0 Å². The highest BCUT2D eigenvalue weighted by atomic mass is 32.1. The lowest BCUT2D eigenvalue weighted by Crippen LogP contribution is -2.10. The van der Waals surface area contributed by atoms with Gasteiger partial charge in [0.05, 0.1) is 0 Å². The van der Waals surface area contributed by atoms with Gasteiger partial charge < -0.3 is 10.7 Å². The van der Waals surface area contributed by atoms with E-state index in [0.29, 0.717) is 5.56 Å². The molecule has 3 rings (SSSR count). The first-order valence-corrected chi connectivity index (χ1v) is 6.14. The minimum Gasteiger partial charge on any atom is -0.366 e. The molecule has 0 saturated heterocycles. The van der Waals surface area contributed by atoms with Crippen LogP contribution in [0.1, 0.15) is 10.4 Å². The molecule has 3 aromatic rings. The molecule has 0 aliphatic heterocycles. The quantitative estimate of drug-likeness (QED) is 0.713. The smallest absolute Gasteiger partial charge is 0.249 e. The molecule has 0 aliphatic rings. The number of thiophene rings is 1. The second-order valence-electron chi connectivity index (χ2n) is 3.83. The summed E-state index contributed by atoms with van der Waals surface area (Å²) in [6.07, 6.45) is 0. The molecule has 0 fully saturated rings. The van der Waals surface area contributed by atoms with Crippen molar-refractivity contribution in [2.24, 2.45) is 5.73 Å². The van der Waals surface area contributed by atoms with Crippen LogP contribution in [0.4, 0.5) is 0 Å². The summed E-state index contributed by atoms with van der Waals surface area (Å²) in [5.41, 5.74) is 8.98. The van der Waals surface area contributed by atoms with Gasteiger partial charge in [0, 0.05) is 33.1 Å². The number of nitrogens with one attached hydrogen (secondary N) is 1. The minimum absolute atomic E-state index is 0.397. The third kappa shape index (κ3) is 1.62. The molecule has 0 radical (unpaired) electrons. The highest BCUT2D eigenvalue weighted by Gasteiger charge is 2.10. The van der Waals surface area contributed by atoms with E-state index in [1.54, 1.807) is 17.4 Å². The third-order valence-corrected chi connectivity index (χ3v) is 3.45. The largest absolute Gasteiger partial charge is 0.366 e. The second-order valence-corrected chi connectivity index (χ2v) is 4.61. The van der Waals surface area contributed by atoms with Crippen molar-refractivity contribution in [3.8, 4) is 11.3 Å². The zero-order valence-corrected chi connectivity index (χ0v) is 9.75. The Hall–Kier alpha value is -2.07. The number of carbonyl (C=O) groups is 1. The van der Waals surface area contributed by atoms with E-state index in [9.17, 15) is 4.79 Å². The predicted octanol–water partition coefficient (Wildman–Crippen LogP) is 3.00. The summed E-state index contributed by atoms with van der Waals surface area (Å²) in [7, 11) is 0. The van der Waals surface area contributed by atoms with Gasteiger partial charge in [0.15, 0.2) is 0 Å². The van der Waals surface area contributed by atoms with Gasteiger partial charge in [-0.2, -0.15) is 11.3 Å². The van der Waals surface area contributed by atoms with Crippen LogP contribution in [-0.4, -0.2) is 10.9 Å². The van der Waals surface area contributed by atoms with Gasteiger partial charge in [0.2, 0.25) is 5.91 Å². The number of hydrogen-bond donors (Lipinski definition) is 2. The summed E-state index contributed by atoms with van der Waals surface area (Å²) >= 11 is 1.64. The van der Waals surface area contributed by atoms with Crippen molar-refractivity contribution in [3.63, 3.8) is 0 Å².